The van der Waals surface area contributed by atoms with Crippen molar-refractivity contribution in [2.24, 2.45) is 0 Å². The minimum atomic E-state index is 0.625. The SMILES string of the molecule is CC1(C)CCCCC(C)(C)P1. The first kappa shape index (κ1) is 9.52. The van der Waals surface area contributed by atoms with Gasteiger partial charge in [-0.1, -0.05) is 40.5 Å². The van der Waals surface area contributed by atoms with Crippen LogP contribution in [0.5, 0.6) is 0 Å². The molecule has 0 aromatic carbocycles. The molecule has 1 heteroatoms. The van der Waals surface area contributed by atoms with E-state index in [1.807, 2.05) is 0 Å². The molecule has 0 spiro atoms. The highest BCUT2D eigenvalue weighted by molar-refractivity contribution is 7.41. The molecule has 0 unspecified atom stereocenters. The summed E-state index contributed by atoms with van der Waals surface area (Å²) in [5.41, 5.74) is 0. The summed E-state index contributed by atoms with van der Waals surface area (Å²) in [7, 11) is 1.15. The summed E-state index contributed by atoms with van der Waals surface area (Å²) in [5.74, 6) is 0. The van der Waals surface area contributed by atoms with Gasteiger partial charge in [0.2, 0.25) is 0 Å². The van der Waals surface area contributed by atoms with Gasteiger partial charge in [0, 0.05) is 0 Å². The molecule has 0 nitrogen and oxygen atoms in total. The average Bonchev–Trinajstić information content (AvgIpc) is 1.86. The van der Waals surface area contributed by atoms with Gasteiger partial charge in [-0.2, -0.15) is 0 Å². The topological polar surface area (TPSA) is 0 Å². The standard InChI is InChI=1S/C10H21P/c1-9(2)7-5-6-8-10(3,4)11-9/h11H,5-8H2,1-4H3. The second-order valence-corrected chi connectivity index (χ2v) is 8.06. The molecule has 0 saturated carbocycles. The second kappa shape index (κ2) is 3.05. The third kappa shape index (κ3) is 3.11. The molecule has 0 atom stereocenters. The smallest absolute Gasteiger partial charge is 0.0174 e. The fraction of sp³-hybridized carbons (Fsp3) is 1.00. The summed E-state index contributed by atoms with van der Waals surface area (Å²) in [6, 6.07) is 0. The van der Waals surface area contributed by atoms with Crippen LogP contribution in [0.1, 0.15) is 53.4 Å². The van der Waals surface area contributed by atoms with Crippen molar-refractivity contribution in [2.75, 3.05) is 0 Å². The Balaban J connectivity index is 2.62. The van der Waals surface area contributed by atoms with E-state index in [9.17, 15) is 0 Å². The Morgan fingerprint density at radius 1 is 0.818 bits per heavy atom. The highest BCUT2D eigenvalue weighted by Crippen LogP contribution is 2.50. The largest absolute Gasteiger partial charge is 0.110 e. The lowest BCUT2D eigenvalue weighted by molar-refractivity contribution is 0.563. The van der Waals surface area contributed by atoms with E-state index in [0.29, 0.717) is 10.3 Å². The fourth-order valence-electron chi connectivity index (χ4n) is 2.17. The van der Waals surface area contributed by atoms with Gasteiger partial charge >= 0.3 is 0 Å². The molecule has 0 aromatic rings. The summed E-state index contributed by atoms with van der Waals surface area (Å²) in [5, 5.41) is 1.25. The first-order valence-electron chi connectivity index (χ1n) is 4.71. The van der Waals surface area contributed by atoms with E-state index in [-0.39, 0.29) is 0 Å². The van der Waals surface area contributed by atoms with Crippen LogP contribution in [-0.4, -0.2) is 10.3 Å². The maximum absolute atomic E-state index is 2.43. The van der Waals surface area contributed by atoms with Gasteiger partial charge in [0.15, 0.2) is 0 Å². The predicted octanol–water partition coefficient (Wildman–Crippen LogP) is 3.80. The normalized spacial score (nSPS) is 29.5. The lowest BCUT2D eigenvalue weighted by Gasteiger charge is -2.32. The zero-order valence-electron chi connectivity index (χ0n) is 8.33. The lowest BCUT2D eigenvalue weighted by Crippen LogP contribution is -2.20. The maximum Gasteiger partial charge on any atom is -0.0174 e. The van der Waals surface area contributed by atoms with Crippen LogP contribution in [0.3, 0.4) is 0 Å². The fourth-order valence-corrected chi connectivity index (χ4v) is 4.61. The summed E-state index contributed by atoms with van der Waals surface area (Å²) < 4.78 is 0. The highest BCUT2D eigenvalue weighted by Gasteiger charge is 2.30. The molecule has 0 N–H and O–H groups in total. The quantitative estimate of drug-likeness (QED) is 0.487. The molecule has 11 heavy (non-hydrogen) atoms. The van der Waals surface area contributed by atoms with Crippen LogP contribution in [0.4, 0.5) is 0 Å². The molecule has 66 valence electrons. The van der Waals surface area contributed by atoms with Crippen LogP contribution in [0.15, 0.2) is 0 Å². The molecular formula is C10H21P. The van der Waals surface area contributed by atoms with Crippen molar-refractivity contribution in [3.8, 4) is 0 Å². The van der Waals surface area contributed by atoms with Gasteiger partial charge in [-0.25, -0.2) is 0 Å². The van der Waals surface area contributed by atoms with Crippen molar-refractivity contribution in [1.29, 1.82) is 0 Å². The highest BCUT2D eigenvalue weighted by atomic mass is 31.1. The van der Waals surface area contributed by atoms with E-state index in [1.54, 1.807) is 0 Å². The molecule has 1 heterocycles. The Kier molecular flexibility index (Phi) is 2.64. The zero-order valence-corrected chi connectivity index (χ0v) is 9.33. The molecule has 1 saturated heterocycles. The van der Waals surface area contributed by atoms with Crippen molar-refractivity contribution >= 4 is 8.58 Å². The molecule has 1 rings (SSSR count). The van der Waals surface area contributed by atoms with E-state index in [0.717, 1.165) is 8.58 Å². The monoisotopic (exact) mass is 172 g/mol. The molecule has 0 aliphatic carbocycles. The Morgan fingerprint density at radius 3 is 1.55 bits per heavy atom. The zero-order chi connectivity index (χ0) is 8.54. The van der Waals surface area contributed by atoms with Crippen molar-refractivity contribution in [3.63, 3.8) is 0 Å². The van der Waals surface area contributed by atoms with Gasteiger partial charge in [-0.15, -0.1) is 8.58 Å². The summed E-state index contributed by atoms with van der Waals surface area (Å²) >= 11 is 0. The molecule has 1 fully saturated rings. The van der Waals surface area contributed by atoms with Crippen LogP contribution in [0.25, 0.3) is 0 Å². The van der Waals surface area contributed by atoms with E-state index in [1.165, 1.54) is 25.7 Å². The molecule has 1 aliphatic heterocycles. The summed E-state index contributed by atoms with van der Waals surface area (Å²) in [6.45, 7) is 9.72. The van der Waals surface area contributed by atoms with Crippen molar-refractivity contribution in [3.05, 3.63) is 0 Å². The maximum atomic E-state index is 2.43. The Bertz CT molecular complexity index is 120. The van der Waals surface area contributed by atoms with Gasteiger partial charge in [0.25, 0.3) is 0 Å². The van der Waals surface area contributed by atoms with Gasteiger partial charge in [0.1, 0.15) is 0 Å². The van der Waals surface area contributed by atoms with Gasteiger partial charge in [-0.3, -0.25) is 0 Å². The van der Waals surface area contributed by atoms with Crippen LogP contribution in [-0.2, 0) is 0 Å². The van der Waals surface area contributed by atoms with E-state index < -0.39 is 0 Å². The van der Waals surface area contributed by atoms with Gasteiger partial charge in [-0.05, 0) is 23.2 Å². The molecule has 0 radical (unpaired) electrons. The third-order valence-electron chi connectivity index (χ3n) is 2.53. The number of rotatable bonds is 0. The Morgan fingerprint density at radius 2 is 1.18 bits per heavy atom. The van der Waals surface area contributed by atoms with Gasteiger partial charge in [0.05, 0.1) is 0 Å². The van der Waals surface area contributed by atoms with Gasteiger partial charge < -0.3 is 0 Å². The van der Waals surface area contributed by atoms with E-state index in [4.69, 9.17) is 0 Å². The molecular weight excluding hydrogens is 151 g/mol. The Labute approximate surface area is 72.9 Å². The van der Waals surface area contributed by atoms with Crippen LogP contribution in [0, 0.1) is 0 Å². The third-order valence-corrected chi connectivity index (χ3v) is 4.38. The van der Waals surface area contributed by atoms with Crippen molar-refractivity contribution in [2.45, 2.75) is 63.7 Å². The van der Waals surface area contributed by atoms with Crippen molar-refractivity contribution in [1.82, 2.24) is 0 Å². The second-order valence-electron chi connectivity index (χ2n) is 5.10. The van der Waals surface area contributed by atoms with E-state index >= 15 is 0 Å². The first-order chi connectivity index (χ1) is 4.91. The predicted molar refractivity (Wildman–Crippen MR) is 54.9 cm³/mol. The van der Waals surface area contributed by atoms with Crippen molar-refractivity contribution < 1.29 is 0 Å². The van der Waals surface area contributed by atoms with E-state index in [2.05, 4.69) is 27.7 Å². The Hall–Kier alpha value is 0.430. The lowest BCUT2D eigenvalue weighted by atomic mass is 10.0. The summed E-state index contributed by atoms with van der Waals surface area (Å²) in [6.07, 6.45) is 5.77. The molecule has 0 bridgehead atoms. The minimum Gasteiger partial charge on any atom is -0.110 e. The minimum absolute atomic E-state index is 0.625. The number of hydrogen-bond donors (Lipinski definition) is 0. The average molecular weight is 172 g/mol. The van der Waals surface area contributed by atoms with Crippen LogP contribution in [0.2, 0.25) is 0 Å². The molecule has 1 aliphatic rings. The number of hydrogen-bond acceptors (Lipinski definition) is 0. The first-order valence-corrected chi connectivity index (χ1v) is 5.71. The summed E-state index contributed by atoms with van der Waals surface area (Å²) in [4.78, 5) is 0. The molecule has 0 aromatic heterocycles. The molecule has 0 amide bonds. The van der Waals surface area contributed by atoms with Crippen LogP contribution >= 0.6 is 8.58 Å². The van der Waals surface area contributed by atoms with Crippen LogP contribution < -0.4 is 0 Å².